The maximum atomic E-state index is 8.94. The summed E-state index contributed by atoms with van der Waals surface area (Å²) in [5.41, 5.74) is 1.88. The average molecular weight is 539 g/mol. The molecule has 0 bridgehead atoms. The lowest BCUT2D eigenvalue weighted by Crippen LogP contribution is -2.38. The first-order valence-corrected chi connectivity index (χ1v) is 10.0. The molecule has 0 aliphatic rings. The number of halogens is 1. The minimum absolute atomic E-state index is 0. The summed E-state index contributed by atoms with van der Waals surface area (Å²) in [5, 5.41) is 13.4. The molecule has 3 rings (SSSR count). The van der Waals surface area contributed by atoms with Crippen molar-refractivity contribution >= 4 is 40.9 Å². The molecule has 7 nitrogen and oxygen atoms in total. The molecule has 168 valence electrons. The van der Waals surface area contributed by atoms with E-state index in [1.165, 1.54) is 0 Å². The molecule has 0 fully saturated rings. The minimum Gasteiger partial charge on any atom is -0.493 e. The molecular formula is C23H30IN3O4. The number of furan rings is 1. The molecule has 0 spiro atoms. The third-order valence-corrected chi connectivity index (χ3v) is 4.55. The molecule has 0 aliphatic heterocycles. The molecule has 0 amide bonds. The highest BCUT2D eigenvalue weighted by Gasteiger charge is 2.11. The number of nitrogens with zero attached hydrogens (tertiary/aromatic N) is 2. The van der Waals surface area contributed by atoms with E-state index in [2.05, 4.69) is 11.4 Å². The zero-order valence-corrected chi connectivity index (χ0v) is 20.5. The second kappa shape index (κ2) is 12.4. The van der Waals surface area contributed by atoms with Crippen LogP contribution in [0, 0.1) is 0 Å². The largest absolute Gasteiger partial charge is 0.493 e. The van der Waals surface area contributed by atoms with Gasteiger partial charge in [-0.3, -0.25) is 0 Å². The van der Waals surface area contributed by atoms with Crippen LogP contribution in [0.4, 0.5) is 0 Å². The van der Waals surface area contributed by atoms with Crippen molar-refractivity contribution in [2.24, 2.45) is 4.99 Å². The van der Waals surface area contributed by atoms with Crippen molar-refractivity contribution < 1.29 is 19.0 Å². The Hall–Kier alpha value is -2.46. The number of methoxy groups -OCH3 is 1. The van der Waals surface area contributed by atoms with E-state index in [1.54, 1.807) is 7.11 Å². The van der Waals surface area contributed by atoms with Gasteiger partial charge in [-0.1, -0.05) is 24.3 Å². The molecule has 3 aromatic rings. The van der Waals surface area contributed by atoms with Crippen LogP contribution in [0.25, 0.3) is 11.0 Å². The topological polar surface area (TPSA) is 79.5 Å². The molecule has 1 aromatic heterocycles. The third kappa shape index (κ3) is 6.76. The van der Waals surface area contributed by atoms with Crippen LogP contribution < -0.4 is 14.8 Å². The summed E-state index contributed by atoms with van der Waals surface area (Å²) in [6, 6.07) is 15.7. The predicted octanol–water partition coefficient (Wildman–Crippen LogP) is 4.03. The Morgan fingerprint density at radius 2 is 1.97 bits per heavy atom. The van der Waals surface area contributed by atoms with E-state index >= 15 is 0 Å². The van der Waals surface area contributed by atoms with Crippen LogP contribution in [0.15, 0.2) is 57.9 Å². The fraction of sp³-hybridized carbons (Fsp3) is 0.348. The number of aliphatic hydroxyl groups is 1. The average Bonchev–Trinajstić information content (AvgIpc) is 3.17. The van der Waals surface area contributed by atoms with Crippen LogP contribution in [-0.2, 0) is 13.1 Å². The third-order valence-electron chi connectivity index (χ3n) is 4.55. The molecule has 2 aromatic carbocycles. The van der Waals surface area contributed by atoms with Crippen molar-refractivity contribution in [3.63, 3.8) is 0 Å². The number of nitrogens with one attached hydrogen (secondary N) is 1. The second-order valence-electron chi connectivity index (χ2n) is 6.83. The standard InChI is InChI=1S/C23H29N3O4.HI/c1-4-24-23(26(2)16-19-14-18-7-5-6-8-20(18)30-19)25-15-17-9-10-21(29-12-11-27)22(13-17)28-3;/h5-10,13-14,27H,4,11-12,15-16H2,1-3H3,(H,24,25);1H. The Kier molecular flexibility index (Phi) is 9.93. The van der Waals surface area contributed by atoms with E-state index in [9.17, 15) is 0 Å². The van der Waals surface area contributed by atoms with Crippen molar-refractivity contribution in [1.29, 1.82) is 0 Å². The number of aliphatic imine (C=N–C) groups is 1. The van der Waals surface area contributed by atoms with Gasteiger partial charge in [-0.05, 0) is 36.8 Å². The molecule has 0 atom stereocenters. The fourth-order valence-corrected chi connectivity index (χ4v) is 3.14. The Morgan fingerprint density at radius 3 is 2.68 bits per heavy atom. The SMILES string of the molecule is CCNC(=NCc1ccc(OCCO)c(OC)c1)N(C)Cc1cc2ccccc2o1.I. The van der Waals surface area contributed by atoms with Gasteiger partial charge in [0.1, 0.15) is 18.0 Å². The van der Waals surface area contributed by atoms with E-state index in [1.807, 2.05) is 61.3 Å². The molecule has 2 N–H and O–H groups in total. The number of guanidine groups is 1. The molecule has 31 heavy (non-hydrogen) atoms. The summed E-state index contributed by atoms with van der Waals surface area (Å²) in [7, 11) is 3.58. The number of aliphatic hydroxyl groups excluding tert-OH is 1. The van der Waals surface area contributed by atoms with Gasteiger partial charge in [0.15, 0.2) is 17.5 Å². The first-order chi connectivity index (χ1) is 14.6. The van der Waals surface area contributed by atoms with Gasteiger partial charge in [0.25, 0.3) is 0 Å². The predicted molar refractivity (Wildman–Crippen MR) is 133 cm³/mol. The highest BCUT2D eigenvalue weighted by Crippen LogP contribution is 2.28. The summed E-state index contributed by atoms with van der Waals surface area (Å²) >= 11 is 0. The Labute approximate surface area is 200 Å². The number of hydrogen-bond donors (Lipinski definition) is 2. The van der Waals surface area contributed by atoms with Crippen LogP contribution in [0.2, 0.25) is 0 Å². The number of fused-ring (bicyclic) bond motifs is 1. The van der Waals surface area contributed by atoms with Gasteiger partial charge >= 0.3 is 0 Å². The lowest BCUT2D eigenvalue weighted by Gasteiger charge is -2.21. The van der Waals surface area contributed by atoms with Gasteiger partial charge in [0, 0.05) is 19.0 Å². The lowest BCUT2D eigenvalue weighted by molar-refractivity contribution is 0.196. The second-order valence-corrected chi connectivity index (χ2v) is 6.83. The molecule has 0 aliphatic carbocycles. The monoisotopic (exact) mass is 539 g/mol. The molecular weight excluding hydrogens is 509 g/mol. The van der Waals surface area contributed by atoms with Crippen molar-refractivity contribution in [1.82, 2.24) is 10.2 Å². The highest BCUT2D eigenvalue weighted by atomic mass is 127. The van der Waals surface area contributed by atoms with E-state index in [4.69, 9.17) is 24.0 Å². The fourth-order valence-electron chi connectivity index (χ4n) is 3.14. The maximum Gasteiger partial charge on any atom is 0.194 e. The van der Waals surface area contributed by atoms with Gasteiger partial charge in [0.2, 0.25) is 0 Å². The Bertz CT molecular complexity index is 957. The van der Waals surface area contributed by atoms with Gasteiger partial charge in [-0.15, -0.1) is 24.0 Å². The van der Waals surface area contributed by atoms with Gasteiger partial charge in [-0.2, -0.15) is 0 Å². The van der Waals surface area contributed by atoms with Crippen molar-refractivity contribution in [3.8, 4) is 11.5 Å². The lowest BCUT2D eigenvalue weighted by atomic mass is 10.2. The number of benzene rings is 2. The van der Waals surface area contributed by atoms with Crippen molar-refractivity contribution in [2.45, 2.75) is 20.0 Å². The molecule has 0 saturated carbocycles. The van der Waals surface area contributed by atoms with Crippen molar-refractivity contribution in [3.05, 3.63) is 59.9 Å². The van der Waals surface area contributed by atoms with E-state index in [-0.39, 0.29) is 37.2 Å². The number of rotatable bonds is 9. The zero-order chi connectivity index (χ0) is 21.3. The summed E-state index contributed by atoms with van der Waals surface area (Å²) in [5.74, 6) is 2.90. The van der Waals surface area contributed by atoms with Crippen LogP contribution in [0.1, 0.15) is 18.2 Å². The zero-order valence-electron chi connectivity index (χ0n) is 18.1. The molecule has 0 saturated heterocycles. The quantitative estimate of drug-likeness (QED) is 0.243. The smallest absolute Gasteiger partial charge is 0.194 e. The molecule has 1 heterocycles. The molecule has 0 unspecified atom stereocenters. The van der Waals surface area contributed by atoms with Crippen LogP contribution in [0.5, 0.6) is 11.5 Å². The first-order valence-electron chi connectivity index (χ1n) is 10.0. The van der Waals surface area contributed by atoms with Gasteiger partial charge in [0.05, 0.1) is 26.8 Å². The summed E-state index contributed by atoms with van der Waals surface area (Å²) < 4.78 is 16.8. The summed E-state index contributed by atoms with van der Waals surface area (Å²) in [6.07, 6.45) is 0. The van der Waals surface area contributed by atoms with Gasteiger partial charge < -0.3 is 29.2 Å². The normalized spacial score (nSPS) is 11.2. The number of para-hydroxylation sites is 1. The number of ether oxygens (including phenoxy) is 2. The maximum absolute atomic E-state index is 8.94. The van der Waals surface area contributed by atoms with E-state index in [0.717, 1.165) is 34.8 Å². The van der Waals surface area contributed by atoms with Crippen LogP contribution in [0.3, 0.4) is 0 Å². The summed E-state index contributed by atoms with van der Waals surface area (Å²) in [4.78, 5) is 6.79. The molecule has 0 radical (unpaired) electrons. The van der Waals surface area contributed by atoms with Crippen LogP contribution in [-0.4, -0.2) is 49.9 Å². The molecule has 8 heteroatoms. The minimum atomic E-state index is -0.0428. The number of hydrogen-bond acceptors (Lipinski definition) is 5. The van der Waals surface area contributed by atoms with Gasteiger partial charge in [-0.25, -0.2) is 4.99 Å². The highest BCUT2D eigenvalue weighted by molar-refractivity contribution is 14.0. The Balaban J connectivity index is 0.00000341. The van der Waals surface area contributed by atoms with Crippen LogP contribution >= 0.6 is 24.0 Å². The first kappa shape index (κ1) is 24.8. The summed E-state index contributed by atoms with van der Waals surface area (Å²) in [6.45, 7) is 4.09. The van der Waals surface area contributed by atoms with E-state index in [0.29, 0.717) is 24.6 Å². The van der Waals surface area contributed by atoms with E-state index < -0.39 is 0 Å². The van der Waals surface area contributed by atoms with Crippen molar-refractivity contribution in [2.75, 3.05) is 33.9 Å². The Morgan fingerprint density at radius 1 is 1.16 bits per heavy atom.